The van der Waals surface area contributed by atoms with Crippen molar-refractivity contribution in [3.63, 3.8) is 0 Å². The van der Waals surface area contributed by atoms with Crippen molar-refractivity contribution in [2.45, 2.75) is 13.8 Å². The van der Waals surface area contributed by atoms with Crippen LogP contribution in [0.4, 0.5) is 4.39 Å². The predicted octanol–water partition coefficient (Wildman–Crippen LogP) is 2.19. The molecule has 2 aromatic rings. The van der Waals surface area contributed by atoms with Crippen molar-refractivity contribution in [2.24, 2.45) is 0 Å². The maximum atomic E-state index is 13.1. The van der Waals surface area contributed by atoms with E-state index >= 15 is 0 Å². The molecule has 0 radical (unpaired) electrons. The van der Waals surface area contributed by atoms with Gasteiger partial charge in [-0.3, -0.25) is 4.79 Å². The monoisotopic (exact) mass is 218 g/mol. The van der Waals surface area contributed by atoms with E-state index < -0.39 is 11.4 Å². The SMILES string of the molecule is Cc1cccc(-c2nc(C)c(F)c(=O)[nH]2)c1. The first kappa shape index (κ1) is 10.5. The largest absolute Gasteiger partial charge is 0.304 e. The van der Waals surface area contributed by atoms with Crippen LogP contribution < -0.4 is 5.56 Å². The fourth-order valence-electron chi connectivity index (χ4n) is 1.50. The van der Waals surface area contributed by atoms with Gasteiger partial charge in [0.2, 0.25) is 5.82 Å². The molecule has 1 aromatic heterocycles. The van der Waals surface area contributed by atoms with E-state index in [1.165, 1.54) is 6.92 Å². The molecule has 82 valence electrons. The lowest BCUT2D eigenvalue weighted by Gasteiger charge is -2.03. The van der Waals surface area contributed by atoms with Gasteiger partial charge in [0.05, 0.1) is 5.69 Å². The molecule has 3 nitrogen and oxygen atoms in total. The van der Waals surface area contributed by atoms with Crippen LogP contribution in [-0.2, 0) is 0 Å². The molecule has 0 aliphatic carbocycles. The minimum Gasteiger partial charge on any atom is -0.304 e. The summed E-state index contributed by atoms with van der Waals surface area (Å²) in [5.74, 6) is -0.427. The molecule has 0 atom stereocenters. The van der Waals surface area contributed by atoms with Crippen LogP contribution in [0.1, 0.15) is 11.3 Å². The van der Waals surface area contributed by atoms with Gasteiger partial charge in [0.15, 0.2) is 0 Å². The van der Waals surface area contributed by atoms with E-state index in [4.69, 9.17) is 0 Å². The van der Waals surface area contributed by atoms with Crippen LogP contribution in [-0.4, -0.2) is 9.97 Å². The van der Waals surface area contributed by atoms with Gasteiger partial charge in [-0.25, -0.2) is 4.98 Å². The minimum atomic E-state index is -0.823. The first-order valence-corrected chi connectivity index (χ1v) is 4.91. The second-order valence-electron chi connectivity index (χ2n) is 3.68. The summed E-state index contributed by atoms with van der Waals surface area (Å²) < 4.78 is 13.1. The predicted molar refractivity (Wildman–Crippen MR) is 59.7 cm³/mol. The summed E-state index contributed by atoms with van der Waals surface area (Å²) in [4.78, 5) is 17.7. The third kappa shape index (κ3) is 1.86. The number of hydrogen-bond donors (Lipinski definition) is 1. The molecule has 0 bridgehead atoms. The Balaban J connectivity index is 2.61. The van der Waals surface area contributed by atoms with E-state index in [1.807, 2.05) is 31.2 Å². The molecule has 0 saturated carbocycles. The summed E-state index contributed by atoms with van der Waals surface area (Å²) in [7, 11) is 0. The highest BCUT2D eigenvalue weighted by Crippen LogP contribution is 2.15. The zero-order valence-electron chi connectivity index (χ0n) is 9.04. The number of rotatable bonds is 1. The summed E-state index contributed by atoms with van der Waals surface area (Å²) >= 11 is 0. The number of aromatic nitrogens is 2. The van der Waals surface area contributed by atoms with Gasteiger partial charge in [-0.05, 0) is 19.9 Å². The number of halogens is 1. The third-order valence-corrected chi connectivity index (χ3v) is 2.32. The Hall–Kier alpha value is -1.97. The van der Waals surface area contributed by atoms with Crippen molar-refractivity contribution in [3.05, 3.63) is 51.7 Å². The van der Waals surface area contributed by atoms with E-state index in [1.54, 1.807) is 0 Å². The molecule has 0 spiro atoms. The average molecular weight is 218 g/mol. The Bertz CT molecular complexity index is 590. The highest BCUT2D eigenvalue weighted by molar-refractivity contribution is 5.55. The molecular formula is C12H11FN2O. The fraction of sp³-hybridized carbons (Fsp3) is 0.167. The lowest BCUT2D eigenvalue weighted by molar-refractivity contribution is 0.589. The summed E-state index contributed by atoms with van der Waals surface area (Å²) in [5.41, 5.74) is 1.21. The zero-order valence-corrected chi connectivity index (χ0v) is 9.04. The van der Waals surface area contributed by atoms with Gasteiger partial charge in [0, 0.05) is 5.56 Å². The summed E-state index contributed by atoms with van der Waals surface area (Å²) in [6.07, 6.45) is 0. The molecule has 1 N–H and O–H groups in total. The smallest absolute Gasteiger partial charge is 0.287 e. The van der Waals surface area contributed by atoms with Crippen molar-refractivity contribution in [2.75, 3.05) is 0 Å². The number of hydrogen-bond acceptors (Lipinski definition) is 2. The minimum absolute atomic E-state index is 0.111. The first-order valence-electron chi connectivity index (χ1n) is 4.91. The molecule has 0 amide bonds. The lowest BCUT2D eigenvalue weighted by atomic mass is 10.1. The molecule has 4 heteroatoms. The molecule has 0 aliphatic heterocycles. The van der Waals surface area contributed by atoms with Gasteiger partial charge < -0.3 is 4.98 Å². The molecular weight excluding hydrogens is 207 g/mol. The van der Waals surface area contributed by atoms with Crippen molar-refractivity contribution in [1.29, 1.82) is 0 Å². The summed E-state index contributed by atoms with van der Waals surface area (Å²) in [6, 6.07) is 7.51. The van der Waals surface area contributed by atoms with E-state index in [2.05, 4.69) is 9.97 Å². The van der Waals surface area contributed by atoms with E-state index in [0.29, 0.717) is 5.82 Å². The number of aromatic amines is 1. The van der Waals surface area contributed by atoms with Gasteiger partial charge >= 0.3 is 0 Å². The molecule has 1 heterocycles. The van der Waals surface area contributed by atoms with Crippen molar-refractivity contribution < 1.29 is 4.39 Å². The van der Waals surface area contributed by atoms with Gasteiger partial charge in [0.25, 0.3) is 5.56 Å². The number of benzene rings is 1. The van der Waals surface area contributed by atoms with Crippen molar-refractivity contribution >= 4 is 0 Å². The van der Waals surface area contributed by atoms with Crippen LogP contribution in [0.15, 0.2) is 29.1 Å². The molecule has 0 unspecified atom stereocenters. The first-order chi connectivity index (χ1) is 7.58. The zero-order chi connectivity index (χ0) is 11.7. The van der Waals surface area contributed by atoms with Gasteiger partial charge in [-0.1, -0.05) is 23.8 Å². The van der Waals surface area contributed by atoms with Crippen molar-refractivity contribution in [3.8, 4) is 11.4 Å². The van der Waals surface area contributed by atoms with Crippen LogP contribution in [0, 0.1) is 19.7 Å². The van der Waals surface area contributed by atoms with Crippen LogP contribution in [0.2, 0.25) is 0 Å². The Kier molecular flexibility index (Phi) is 2.56. The van der Waals surface area contributed by atoms with E-state index in [9.17, 15) is 9.18 Å². The summed E-state index contributed by atoms with van der Waals surface area (Å²) in [6.45, 7) is 3.42. The second kappa shape index (κ2) is 3.89. The van der Waals surface area contributed by atoms with Gasteiger partial charge in [-0.15, -0.1) is 0 Å². The quantitative estimate of drug-likeness (QED) is 0.797. The lowest BCUT2D eigenvalue weighted by Crippen LogP contribution is -2.15. The number of nitrogens with zero attached hydrogens (tertiary/aromatic N) is 1. The second-order valence-corrected chi connectivity index (χ2v) is 3.68. The highest BCUT2D eigenvalue weighted by atomic mass is 19.1. The van der Waals surface area contributed by atoms with Crippen LogP contribution >= 0.6 is 0 Å². The Morgan fingerprint density at radius 1 is 1.31 bits per heavy atom. The molecule has 0 saturated heterocycles. The van der Waals surface area contributed by atoms with Crippen LogP contribution in [0.25, 0.3) is 11.4 Å². The molecule has 2 rings (SSSR count). The van der Waals surface area contributed by atoms with Gasteiger partial charge in [-0.2, -0.15) is 4.39 Å². The third-order valence-electron chi connectivity index (χ3n) is 2.32. The Labute approximate surface area is 92.0 Å². The van der Waals surface area contributed by atoms with E-state index in [0.717, 1.165) is 11.1 Å². The van der Waals surface area contributed by atoms with Crippen LogP contribution in [0.3, 0.4) is 0 Å². The standard InChI is InChI=1S/C12H11FN2O/c1-7-4-3-5-9(6-7)11-14-8(2)10(13)12(16)15-11/h3-6H,1-2H3,(H,14,15,16). The topological polar surface area (TPSA) is 45.8 Å². The molecule has 0 fully saturated rings. The molecule has 1 aromatic carbocycles. The normalized spacial score (nSPS) is 10.4. The maximum Gasteiger partial charge on any atom is 0.287 e. The number of aryl methyl sites for hydroxylation is 2. The summed E-state index contributed by atoms with van der Waals surface area (Å²) in [5, 5.41) is 0. The molecule has 0 aliphatic rings. The maximum absolute atomic E-state index is 13.1. The van der Waals surface area contributed by atoms with Crippen molar-refractivity contribution in [1.82, 2.24) is 9.97 Å². The molecule has 16 heavy (non-hydrogen) atoms. The van der Waals surface area contributed by atoms with E-state index in [-0.39, 0.29) is 5.69 Å². The van der Waals surface area contributed by atoms with Crippen LogP contribution in [0.5, 0.6) is 0 Å². The Morgan fingerprint density at radius 2 is 2.06 bits per heavy atom. The highest BCUT2D eigenvalue weighted by Gasteiger charge is 2.08. The average Bonchev–Trinajstić information content (AvgIpc) is 2.25. The fourth-order valence-corrected chi connectivity index (χ4v) is 1.50. The number of H-pyrrole nitrogens is 1. The number of nitrogens with one attached hydrogen (secondary N) is 1. The Morgan fingerprint density at radius 3 is 2.69 bits per heavy atom. The van der Waals surface area contributed by atoms with Gasteiger partial charge in [0.1, 0.15) is 5.82 Å².